The molecule has 0 aromatic heterocycles. The van der Waals surface area contributed by atoms with E-state index >= 15 is 0 Å². The van der Waals surface area contributed by atoms with Gasteiger partial charge < -0.3 is 9.84 Å². The predicted octanol–water partition coefficient (Wildman–Crippen LogP) is 1.39. The van der Waals surface area contributed by atoms with Gasteiger partial charge in [0.15, 0.2) is 6.29 Å². The average molecular weight is 144 g/mol. The Morgan fingerprint density at radius 1 is 1.50 bits per heavy atom. The Morgan fingerprint density at radius 3 is 2.50 bits per heavy atom. The van der Waals surface area contributed by atoms with Gasteiger partial charge in [0.2, 0.25) is 0 Å². The summed E-state index contributed by atoms with van der Waals surface area (Å²) in [4.78, 5) is 0. The maximum atomic E-state index is 9.19. The molecule has 1 saturated heterocycles. The molecule has 1 aliphatic heterocycles. The summed E-state index contributed by atoms with van der Waals surface area (Å²) in [7, 11) is 0. The zero-order valence-corrected chi connectivity index (χ0v) is 6.92. The van der Waals surface area contributed by atoms with E-state index in [1.165, 1.54) is 0 Å². The van der Waals surface area contributed by atoms with Crippen LogP contribution in [0.4, 0.5) is 0 Å². The zero-order valence-electron chi connectivity index (χ0n) is 6.92. The molecule has 2 unspecified atom stereocenters. The first kappa shape index (κ1) is 8.02. The molecule has 0 amide bonds. The highest BCUT2D eigenvalue weighted by atomic mass is 16.6. The van der Waals surface area contributed by atoms with Gasteiger partial charge in [0, 0.05) is 5.92 Å². The Morgan fingerprint density at radius 2 is 2.10 bits per heavy atom. The minimum absolute atomic E-state index is 0.249. The van der Waals surface area contributed by atoms with Crippen molar-refractivity contribution in [1.29, 1.82) is 0 Å². The molecule has 1 aliphatic rings. The van der Waals surface area contributed by atoms with Crippen molar-refractivity contribution in [2.45, 2.75) is 33.5 Å². The number of ether oxygens (including phenoxy) is 1. The molecule has 0 radical (unpaired) electrons. The minimum atomic E-state index is -0.534. The van der Waals surface area contributed by atoms with Gasteiger partial charge in [-0.1, -0.05) is 20.8 Å². The standard InChI is InChI=1S/C8H16O2/c1-6-4-8(2,3)5-10-7(6)9/h6-7,9H,4-5H2,1-3H3. The van der Waals surface area contributed by atoms with E-state index in [-0.39, 0.29) is 11.3 Å². The van der Waals surface area contributed by atoms with Crippen molar-refractivity contribution in [2.75, 3.05) is 6.61 Å². The van der Waals surface area contributed by atoms with Crippen molar-refractivity contribution in [3.05, 3.63) is 0 Å². The number of aliphatic hydroxyl groups excluding tert-OH is 1. The van der Waals surface area contributed by atoms with Crippen LogP contribution in [0.2, 0.25) is 0 Å². The largest absolute Gasteiger partial charge is 0.368 e. The molecule has 0 aliphatic carbocycles. The molecule has 1 rings (SSSR count). The Bertz CT molecular complexity index is 120. The fraction of sp³-hybridized carbons (Fsp3) is 1.00. The lowest BCUT2D eigenvalue weighted by Crippen LogP contribution is -2.37. The van der Waals surface area contributed by atoms with E-state index < -0.39 is 6.29 Å². The quantitative estimate of drug-likeness (QED) is 0.556. The first-order valence-electron chi connectivity index (χ1n) is 3.81. The number of aliphatic hydroxyl groups is 1. The molecule has 0 bridgehead atoms. The molecule has 0 spiro atoms. The Kier molecular flexibility index (Phi) is 2.02. The van der Waals surface area contributed by atoms with Gasteiger partial charge in [0.1, 0.15) is 0 Å². The molecule has 1 fully saturated rings. The number of hydrogen-bond donors (Lipinski definition) is 1. The van der Waals surface area contributed by atoms with Crippen LogP contribution in [0.25, 0.3) is 0 Å². The molecule has 10 heavy (non-hydrogen) atoms. The van der Waals surface area contributed by atoms with E-state index in [0.717, 1.165) is 6.42 Å². The minimum Gasteiger partial charge on any atom is -0.368 e. The molecule has 1 heterocycles. The van der Waals surface area contributed by atoms with E-state index in [1.54, 1.807) is 0 Å². The van der Waals surface area contributed by atoms with Crippen molar-refractivity contribution >= 4 is 0 Å². The van der Waals surface area contributed by atoms with Gasteiger partial charge in [-0.25, -0.2) is 0 Å². The highest BCUT2D eigenvalue weighted by Crippen LogP contribution is 2.32. The van der Waals surface area contributed by atoms with E-state index in [1.807, 2.05) is 6.92 Å². The summed E-state index contributed by atoms with van der Waals surface area (Å²) < 4.78 is 5.16. The van der Waals surface area contributed by atoms with Crippen LogP contribution in [0.15, 0.2) is 0 Å². The Hall–Kier alpha value is -0.0800. The highest BCUT2D eigenvalue weighted by Gasteiger charge is 2.31. The second kappa shape index (κ2) is 2.51. The van der Waals surface area contributed by atoms with Crippen LogP contribution in [0.3, 0.4) is 0 Å². The van der Waals surface area contributed by atoms with Gasteiger partial charge in [-0.2, -0.15) is 0 Å². The van der Waals surface area contributed by atoms with Crippen LogP contribution < -0.4 is 0 Å². The molecular formula is C8H16O2. The van der Waals surface area contributed by atoms with Crippen LogP contribution in [0.5, 0.6) is 0 Å². The highest BCUT2D eigenvalue weighted by molar-refractivity contribution is 4.76. The van der Waals surface area contributed by atoms with Crippen molar-refractivity contribution in [3.63, 3.8) is 0 Å². The number of rotatable bonds is 0. The van der Waals surface area contributed by atoms with Crippen LogP contribution in [0.1, 0.15) is 27.2 Å². The summed E-state index contributed by atoms with van der Waals surface area (Å²) in [6.45, 7) is 7.02. The van der Waals surface area contributed by atoms with E-state index in [4.69, 9.17) is 4.74 Å². The predicted molar refractivity (Wildman–Crippen MR) is 39.5 cm³/mol. The van der Waals surface area contributed by atoms with Crippen LogP contribution >= 0.6 is 0 Å². The van der Waals surface area contributed by atoms with Crippen LogP contribution in [-0.4, -0.2) is 18.0 Å². The molecule has 2 nitrogen and oxygen atoms in total. The van der Waals surface area contributed by atoms with Crippen molar-refractivity contribution in [1.82, 2.24) is 0 Å². The van der Waals surface area contributed by atoms with E-state index in [9.17, 15) is 5.11 Å². The summed E-state index contributed by atoms with van der Waals surface area (Å²) >= 11 is 0. The molecule has 60 valence electrons. The smallest absolute Gasteiger partial charge is 0.157 e. The van der Waals surface area contributed by atoms with E-state index in [2.05, 4.69) is 13.8 Å². The SMILES string of the molecule is CC1CC(C)(C)COC1O. The fourth-order valence-electron chi connectivity index (χ4n) is 1.51. The molecule has 0 aromatic carbocycles. The molecule has 1 N–H and O–H groups in total. The monoisotopic (exact) mass is 144 g/mol. The van der Waals surface area contributed by atoms with Gasteiger partial charge in [0.25, 0.3) is 0 Å². The molecule has 0 saturated carbocycles. The molecule has 0 aromatic rings. The third-order valence-electron chi connectivity index (χ3n) is 2.01. The van der Waals surface area contributed by atoms with E-state index in [0.29, 0.717) is 6.61 Å². The topological polar surface area (TPSA) is 29.5 Å². The van der Waals surface area contributed by atoms with Crippen molar-refractivity contribution in [2.24, 2.45) is 11.3 Å². The first-order valence-corrected chi connectivity index (χ1v) is 3.81. The van der Waals surface area contributed by atoms with Gasteiger partial charge >= 0.3 is 0 Å². The van der Waals surface area contributed by atoms with Crippen LogP contribution in [0, 0.1) is 11.3 Å². The third kappa shape index (κ3) is 1.70. The number of hydrogen-bond acceptors (Lipinski definition) is 2. The summed E-state index contributed by atoms with van der Waals surface area (Å²) in [6.07, 6.45) is 0.516. The summed E-state index contributed by atoms with van der Waals surface area (Å²) in [6, 6.07) is 0. The third-order valence-corrected chi connectivity index (χ3v) is 2.01. The lowest BCUT2D eigenvalue weighted by molar-refractivity contribution is -0.187. The summed E-state index contributed by atoms with van der Waals surface area (Å²) in [5.74, 6) is 0.281. The maximum Gasteiger partial charge on any atom is 0.157 e. The normalized spacial score (nSPS) is 39.6. The Labute approximate surface area is 62.2 Å². The first-order chi connectivity index (χ1) is 4.51. The van der Waals surface area contributed by atoms with Gasteiger partial charge in [-0.3, -0.25) is 0 Å². The second-order valence-corrected chi connectivity index (χ2v) is 4.05. The van der Waals surface area contributed by atoms with Crippen molar-refractivity contribution in [3.8, 4) is 0 Å². The lowest BCUT2D eigenvalue weighted by Gasteiger charge is -2.36. The Balaban J connectivity index is 2.49. The molecule has 2 atom stereocenters. The van der Waals surface area contributed by atoms with Crippen LogP contribution in [-0.2, 0) is 4.74 Å². The fourth-order valence-corrected chi connectivity index (χ4v) is 1.51. The molecular weight excluding hydrogens is 128 g/mol. The van der Waals surface area contributed by atoms with Crippen molar-refractivity contribution < 1.29 is 9.84 Å². The lowest BCUT2D eigenvalue weighted by atomic mass is 9.82. The second-order valence-electron chi connectivity index (χ2n) is 4.05. The van der Waals surface area contributed by atoms with Gasteiger partial charge in [-0.15, -0.1) is 0 Å². The van der Waals surface area contributed by atoms with Gasteiger partial charge in [0.05, 0.1) is 6.61 Å². The summed E-state index contributed by atoms with van der Waals surface area (Å²) in [5.41, 5.74) is 0.249. The zero-order chi connectivity index (χ0) is 7.78. The summed E-state index contributed by atoms with van der Waals surface area (Å²) in [5, 5.41) is 9.19. The maximum absolute atomic E-state index is 9.19. The van der Waals surface area contributed by atoms with Gasteiger partial charge in [-0.05, 0) is 11.8 Å². The molecule has 2 heteroatoms. The average Bonchev–Trinajstić information content (AvgIpc) is 1.79.